The van der Waals surface area contributed by atoms with Gasteiger partial charge in [0.25, 0.3) is 0 Å². The maximum atomic E-state index is 3.25. The van der Waals surface area contributed by atoms with Gasteiger partial charge in [0.1, 0.15) is 0 Å². The van der Waals surface area contributed by atoms with Crippen LogP contribution < -0.4 is 5.32 Å². The largest absolute Gasteiger partial charge is 0.347 e. The lowest BCUT2D eigenvalue weighted by molar-refractivity contribution is 0.716. The highest BCUT2D eigenvalue weighted by Gasteiger charge is 2.06. The van der Waals surface area contributed by atoms with Crippen molar-refractivity contribution in [3.05, 3.63) is 71.9 Å². The fourth-order valence-electron chi connectivity index (χ4n) is 2.75. The van der Waals surface area contributed by atoms with E-state index in [4.69, 9.17) is 0 Å². The summed E-state index contributed by atoms with van der Waals surface area (Å²) in [5, 5.41) is 4.58. The molecule has 0 fully saturated rings. The van der Waals surface area contributed by atoms with Crippen molar-refractivity contribution in [1.82, 2.24) is 9.88 Å². The fraction of sp³-hybridized carbons (Fsp3) is 0.222. The van der Waals surface area contributed by atoms with Crippen LogP contribution in [0.4, 0.5) is 0 Å². The quantitative estimate of drug-likeness (QED) is 0.745. The van der Waals surface area contributed by atoms with Crippen LogP contribution in [0.5, 0.6) is 0 Å². The van der Waals surface area contributed by atoms with Crippen LogP contribution in [0.15, 0.2) is 60.8 Å². The second kappa shape index (κ2) is 5.93. The zero-order valence-electron chi connectivity index (χ0n) is 11.8. The molecule has 1 aromatic heterocycles. The van der Waals surface area contributed by atoms with E-state index < -0.39 is 0 Å². The molecule has 0 saturated heterocycles. The van der Waals surface area contributed by atoms with E-state index in [1.54, 1.807) is 0 Å². The van der Waals surface area contributed by atoms with Crippen molar-refractivity contribution >= 4 is 10.9 Å². The fourth-order valence-corrected chi connectivity index (χ4v) is 2.75. The molecule has 0 amide bonds. The zero-order valence-corrected chi connectivity index (χ0v) is 11.8. The van der Waals surface area contributed by atoms with E-state index in [2.05, 4.69) is 70.7 Å². The average molecular weight is 264 g/mol. The first-order chi connectivity index (χ1) is 9.88. The first-order valence-electron chi connectivity index (χ1n) is 7.14. The zero-order chi connectivity index (χ0) is 13.8. The maximum Gasteiger partial charge on any atom is 0.0525 e. The van der Waals surface area contributed by atoms with Crippen molar-refractivity contribution in [2.24, 2.45) is 0 Å². The predicted octanol–water partition coefficient (Wildman–Crippen LogP) is 3.60. The molecule has 0 aliphatic heterocycles. The van der Waals surface area contributed by atoms with Gasteiger partial charge in [0.05, 0.1) is 5.52 Å². The molecule has 0 bridgehead atoms. The topological polar surface area (TPSA) is 17.0 Å². The minimum Gasteiger partial charge on any atom is -0.347 e. The van der Waals surface area contributed by atoms with Crippen LogP contribution >= 0.6 is 0 Å². The van der Waals surface area contributed by atoms with Crippen molar-refractivity contribution in [3.8, 4) is 0 Å². The van der Waals surface area contributed by atoms with Gasteiger partial charge in [0.15, 0.2) is 0 Å². The van der Waals surface area contributed by atoms with Gasteiger partial charge in [-0.15, -0.1) is 0 Å². The molecular weight excluding hydrogens is 244 g/mol. The van der Waals surface area contributed by atoms with Gasteiger partial charge in [0.2, 0.25) is 0 Å². The highest BCUT2D eigenvalue weighted by atomic mass is 15.0. The lowest BCUT2D eigenvalue weighted by atomic mass is 10.1. The van der Waals surface area contributed by atoms with Crippen molar-refractivity contribution < 1.29 is 0 Å². The summed E-state index contributed by atoms with van der Waals surface area (Å²) in [6.07, 6.45) is 3.27. The Kier molecular flexibility index (Phi) is 3.84. The minimum atomic E-state index is 0.909. The summed E-state index contributed by atoms with van der Waals surface area (Å²) in [5.74, 6) is 0. The third-order valence-corrected chi connectivity index (χ3v) is 3.72. The Morgan fingerprint density at radius 2 is 1.80 bits per heavy atom. The molecule has 2 aromatic carbocycles. The first kappa shape index (κ1) is 12.9. The molecule has 0 atom stereocenters. The Balaban J connectivity index is 1.88. The molecule has 0 spiro atoms. The van der Waals surface area contributed by atoms with E-state index >= 15 is 0 Å². The lowest BCUT2D eigenvalue weighted by Gasteiger charge is -2.10. The van der Waals surface area contributed by atoms with E-state index in [1.807, 2.05) is 7.05 Å². The van der Waals surface area contributed by atoms with Gasteiger partial charge in [-0.25, -0.2) is 0 Å². The molecule has 3 rings (SSSR count). The summed E-state index contributed by atoms with van der Waals surface area (Å²) in [7, 11) is 2.00. The van der Waals surface area contributed by atoms with E-state index in [9.17, 15) is 0 Å². The minimum absolute atomic E-state index is 0.909. The second-order valence-corrected chi connectivity index (χ2v) is 5.13. The Morgan fingerprint density at radius 1 is 0.950 bits per heavy atom. The van der Waals surface area contributed by atoms with Gasteiger partial charge in [-0.2, -0.15) is 0 Å². The van der Waals surface area contributed by atoms with Crippen molar-refractivity contribution in [1.29, 1.82) is 0 Å². The molecular formula is C18H20N2. The van der Waals surface area contributed by atoms with Gasteiger partial charge in [-0.3, -0.25) is 0 Å². The highest BCUT2D eigenvalue weighted by molar-refractivity contribution is 5.83. The summed E-state index contributed by atoms with van der Waals surface area (Å²) >= 11 is 0. The van der Waals surface area contributed by atoms with Gasteiger partial charge in [0, 0.05) is 19.3 Å². The number of para-hydroxylation sites is 1. The molecule has 2 heteroatoms. The molecule has 3 aromatic rings. The number of aryl methyl sites for hydroxylation is 2. The van der Waals surface area contributed by atoms with E-state index in [1.165, 1.54) is 22.0 Å². The Hall–Kier alpha value is -2.06. The number of aromatic nitrogens is 1. The lowest BCUT2D eigenvalue weighted by Crippen LogP contribution is -2.08. The van der Waals surface area contributed by atoms with E-state index in [0.717, 1.165) is 19.5 Å². The Morgan fingerprint density at radius 3 is 2.60 bits per heavy atom. The SMILES string of the molecule is CNCc1cccc2ccn(CCc3ccccc3)c12. The third kappa shape index (κ3) is 2.61. The van der Waals surface area contributed by atoms with Crippen molar-refractivity contribution in [3.63, 3.8) is 0 Å². The predicted molar refractivity (Wildman–Crippen MR) is 84.8 cm³/mol. The van der Waals surface area contributed by atoms with Crippen LogP contribution in [0.3, 0.4) is 0 Å². The third-order valence-electron chi connectivity index (χ3n) is 3.72. The van der Waals surface area contributed by atoms with Crippen LogP contribution in [0.25, 0.3) is 10.9 Å². The summed E-state index contributed by atoms with van der Waals surface area (Å²) in [6.45, 7) is 1.93. The highest BCUT2D eigenvalue weighted by Crippen LogP contribution is 2.21. The number of nitrogens with one attached hydrogen (secondary N) is 1. The van der Waals surface area contributed by atoms with E-state index in [-0.39, 0.29) is 0 Å². The molecule has 2 nitrogen and oxygen atoms in total. The van der Waals surface area contributed by atoms with Crippen LogP contribution in [-0.2, 0) is 19.5 Å². The summed E-state index contributed by atoms with van der Waals surface area (Å²) < 4.78 is 2.37. The monoisotopic (exact) mass is 264 g/mol. The molecule has 102 valence electrons. The maximum absolute atomic E-state index is 3.25. The summed E-state index contributed by atoms with van der Waals surface area (Å²) in [6, 6.07) is 19.4. The molecule has 0 unspecified atom stereocenters. The van der Waals surface area contributed by atoms with E-state index in [0.29, 0.717) is 0 Å². The molecule has 1 N–H and O–H groups in total. The summed E-state index contributed by atoms with van der Waals surface area (Å²) in [5.41, 5.74) is 4.11. The molecule has 1 heterocycles. The molecule has 0 aliphatic rings. The number of hydrogen-bond donors (Lipinski definition) is 1. The van der Waals surface area contributed by atoms with Crippen LogP contribution in [0, 0.1) is 0 Å². The number of benzene rings is 2. The number of nitrogens with zero attached hydrogens (tertiary/aromatic N) is 1. The first-order valence-corrected chi connectivity index (χ1v) is 7.14. The average Bonchev–Trinajstić information content (AvgIpc) is 2.91. The smallest absolute Gasteiger partial charge is 0.0525 e. The summed E-state index contributed by atoms with van der Waals surface area (Å²) in [4.78, 5) is 0. The van der Waals surface area contributed by atoms with Crippen LogP contribution in [0.1, 0.15) is 11.1 Å². The Labute approximate surface area is 120 Å². The van der Waals surface area contributed by atoms with Crippen molar-refractivity contribution in [2.45, 2.75) is 19.5 Å². The second-order valence-electron chi connectivity index (χ2n) is 5.13. The molecule has 0 aliphatic carbocycles. The van der Waals surface area contributed by atoms with Gasteiger partial charge in [-0.1, -0.05) is 48.5 Å². The molecule has 0 radical (unpaired) electrons. The molecule has 0 saturated carbocycles. The van der Waals surface area contributed by atoms with Crippen LogP contribution in [0.2, 0.25) is 0 Å². The van der Waals surface area contributed by atoms with Gasteiger partial charge < -0.3 is 9.88 Å². The van der Waals surface area contributed by atoms with Crippen molar-refractivity contribution in [2.75, 3.05) is 7.05 Å². The van der Waals surface area contributed by atoms with Crippen LogP contribution in [-0.4, -0.2) is 11.6 Å². The standard InChI is InChI=1S/C18H20N2/c1-19-14-17-9-5-8-16-11-13-20(18(16)17)12-10-15-6-3-2-4-7-15/h2-9,11,13,19H,10,12,14H2,1H3. The Bertz CT molecular complexity index is 683. The normalized spacial score (nSPS) is 11.1. The number of rotatable bonds is 5. The number of fused-ring (bicyclic) bond motifs is 1. The van der Waals surface area contributed by atoms with Gasteiger partial charge in [-0.05, 0) is 36.0 Å². The van der Waals surface area contributed by atoms with Gasteiger partial charge >= 0.3 is 0 Å². The molecule has 20 heavy (non-hydrogen) atoms. The number of hydrogen-bond acceptors (Lipinski definition) is 1.